The molecule has 3 aromatic rings. The summed E-state index contributed by atoms with van der Waals surface area (Å²) in [5, 5.41) is 0. The molecule has 3 aromatic carbocycles. The number of rotatable bonds is 10. The van der Waals surface area contributed by atoms with Gasteiger partial charge in [0.1, 0.15) is 5.82 Å². The van der Waals surface area contributed by atoms with Crippen LogP contribution in [0.3, 0.4) is 0 Å². The van der Waals surface area contributed by atoms with Gasteiger partial charge in [0, 0.05) is 11.1 Å². The van der Waals surface area contributed by atoms with E-state index in [1.54, 1.807) is 30.3 Å². The van der Waals surface area contributed by atoms with Gasteiger partial charge in [0.2, 0.25) is 0 Å². The lowest BCUT2D eigenvalue weighted by atomic mass is 9.86. The molecule has 0 saturated carbocycles. The van der Waals surface area contributed by atoms with Crippen LogP contribution in [0.15, 0.2) is 72.8 Å². The lowest BCUT2D eigenvalue weighted by Gasteiger charge is -2.20. The molecule has 0 aliphatic heterocycles. The van der Waals surface area contributed by atoms with Crippen LogP contribution in [0.25, 0.3) is 27.8 Å². The van der Waals surface area contributed by atoms with E-state index in [9.17, 15) is 8.78 Å². The fourth-order valence-electron chi connectivity index (χ4n) is 5.27. The van der Waals surface area contributed by atoms with Crippen LogP contribution in [0.4, 0.5) is 13.2 Å². The summed E-state index contributed by atoms with van der Waals surface area (Å²) in [6, 6.07) is 16.0. The number of allylic oxidation sites excluding steroid dienone is 4. The highest BCUT2D eigenvalue weighted by molar-refractivity contribution is 5.74. The van der Waals surface area contributed by atoms with E-state index in [0.29, 0.717) is 29.0 Å². The molecule has 0 N–H and O–H groups in total. The molecular formula is C34H37F3. The average Bonchev–Trinajstić information content (AvgIpc) is 2.92. The molecule has 0 saturated heterocycles. The molecule has 0 bridgehead atoms. The normalized spacial score (nSPS) is 15.8. The monoisotopic (exact) mass is 502 g/mol. The summed E-state index contributed by atoms with van der Waals surface area (Å²) in [4.78, 5) is 0. The molecule has 37 heavy (non-hydrogen) atoms. The summed E-state index contributed by atoms with van der Waals surface area (Å²) in [7, 11) is 0. The third kappa shape index (κ3) is 6.63. The van der Waals surface area contributed by atoms with Crippen molar-refractivity contribution in [3.05, 3.63) is 101 Å². The van der Waals surface area contributed by atoms with Crippen molar-refractivity contribution in [3.8, 4) is 22.3 Å². The first kappa shape index (κ1) is 27.0. The molecule has 194 valence electrons. The van der Waals surface area contributed by atoms with Crippen LogP contribution >= 0.6 is 0 Å². The predicted molar refractivity (Wildman–Crippen MR) is 150 cm³/mol. The van der Waals surface area contributed by atoms with Gasteiger partial charge in [-0.05, 0) is 78.8 Å². The molecule has 1 aliphatic carbocycles. The van der Waals surface area contributed by atoms with E-state index >= 15 is 4.39 Å². The predicted octanol–water partition coefficient (Wildman–Crippen LogP) is 10.7. The Kier molecular flexibility index (Phi) is 9.44. The Bertz CT molecular complexity index is 1250. The standard InChI is InChI=1S/C34H37F3/c1-3-5-6-7-8-10-28-19-22-31(34(37)33(28)36)27-17-15-25(16-18-27)29-20-21-30(32(35)23-29)26-13-11-24(9-4-2)12-14-26/h4,9,13,15-24H,3,5-8,10-12,14H2,1-2H3. The molecule has 0 aromatic heterocycles. The van der Waals surface area contributed by atoms with Gasteiger partial charge in [0.15, 0.2) is 11.6 Å². The second kappa shape index (κ2) is 12.9. The summed E-state index contributed by atoms with van der Waals surface area (Å²) in [5.41, 5.74) is 4.64. The Hall–Kier alpha value is -3.07. The van der Waals surface area contributed by atoms with Crippen molar-refractivity contribution in [1.82, 2.24) is 0 Å². The fourth-order valence-corrected chi connectivity index (χ4v) is 5.27. The van der Waals surface area contributed by atoms with Gasteiger partial charge in [-0.15, -0.1) is 0 Å². The minimum Gasteiger partial charge on any atom is -0.206 e. The molecule has 0 spiro atoms. The van der Waals surface area contributed by atoms with Gasteiger partial charge in [0.05, 0.1) is 0 Å². The van der Waals surface area contributed by atoms with E-state index in [-0.39, 0.29) is 11.4 Å². The number of aryl methyl sites for hydroxylation is 1. The Labute approximate surface area is 219 Å². The molecule has 0 radical (unpaired) electrons. The highest BCUT2D eigenvalue weighted by atomic mass is 19.2. The van der Waals surface area contributed by atoms with Gasteiger partial charge < -0.3 is 0 Å². The Morgan fingerprint density at radius 2 is 1.49 bits per heavy atom. The van der Waals surface area contributed by atoms with E-state index in [1.165, 1.54) is 6.42 Å². The van der Waals surface area contributed by atoms with Crippen LogP contribution in [0.2, 0.25) is 0 Å². The van der Waals surface area contributed by atoms with Gasteiger partial charge in [-0.1, -0.05) is 99.4 Å². The summed E-state index contributed by atoms with van der Waals surface area (Å²) in [5.74, 6) is -1.23. The third-order valence-electron chi connectivity index (χ3n) is 7.47. The van der Waals surface area contributed by atoms with Crippen molar-refractivity contribution >= 4 is 5.57 Å². The summed E-state index contributed by atoms with van der Waals surface area (Å²) >= 11 is 0. The molecule has 3 heteroatoms. The van der Waals surface area contributed by atoms with Gasteiger partial charge in [0.25, 0.3) is 0 Å². The summed E-state index contributed by atoms with van der Waals surface area (Å²) in [6.07, 6.45) is 15.3. The van der Waals surface area contributed by atoms with E-state index in [1.807, 2.05) is 31.2 Å². The molecule has 1 aliphatic rings. The van der Waals surface area contributed by atoms with E-state index in [2.05, 4.69) is 25.2 Å². The maximum atomic E-state index is 15.0. The zero-order chi connectivity index (χ0) is 26.2. The van der Waals surface area contributed by atoms with Crippen LogP contribution in [0, 0.1) is 23.4 Å². The Morgan fingerprint density at radius 1 is 0.784 bits per heavy atom. The van der Waals surface area contributed by atoms with Gasteiger partial charge in [-0.25, -0.2) is 13.2 Å². The van der Waals surface area contributed by atoms with Crippen molar-refractivity contribution in [1.29, 1.82) is 0 Å². The first-order valence-electron chi connectivity index (χ1n) is 13.7. The number of halogens is 3. The first-order chi connectivity index (χ1) is 18.0. The second-order valence-electron chi connectivity index (χ2n) is 10.1. The van der Waals surface area contributed by atoms with Crippen molar-refractivity contribution in [2.24, 2.45) is 5.92 Å². The van der Waals surface area contributed by atoms with Gasteiger partial charge >= 0.3 is 0 Å². The number of benzene rings is 3. The average molecular weight is 503 g/mol. The molecule has 0 fully saturated rings. The van der Waals surface area contributed by atoms with Crippen molar-refractivity contribution in [3.63, 3.8) is 0 Å². The highest BCUT2D eigenvalue weighted by Crippen LogP contribution is 2.34. The van der Waals surface area contributed by atoms with Gasteiger partial charge in [-0.2, -0.15) is 0 Å². The maximum absolute atomic E-state index is 15.0. The largest absolute Gasteiger partial charge is 0.206 e. The topological polar surface area (TPSA) is 0 Å². The molecule has 0 amide bonds. The Morgan fingerprint density at radius 3 is 2.16 bits per heavy atom. The molecule has 0 nitrogen and oxygen atoms in total. The van der Waals surface area contributed by atoms with E-state index < -0.39 is 11.6 Å². The Balaban J connectivity index is 1.46. The molecular weight excluding hydrogens is 465 g/mol. The number of unbranched alkanes of at least 4 members (excludes halogenated alkanes) is 4. The zero-order valence-corrected chi connectivity index (χ0v) is 22.0. The third-order valence-corrected chi connectivity index (χ3v) is 7.47. The van der Waals surface area contributed by atoms with E-state index in [0.717, 1.165) is 61.6 Å². The molecule has 1 atom stereocenters. The lowest BCUT2D eigenvalue weighted by molar-refractivity contribution is 0.497. The highest BCUT2D eigenvalue weighted by Gasteiger charge is 2.17. The van der Waals surface area contributed by atoms with Crippen LogP contribution in [-0.2, 0) is 6.42 Å². The van der Waals surface area contributed by atoms with Crippen molar-refractivity contribution in [2.75, 3.05) is 0 Å². The van der Waals surface area contributed by atoms with Crippen molar-refractivity contribution in [2.45, 2.75) is 71.6 Å². The van der Waals surface area contributed by atoms with Crippen LogP contribution in [0.5, 0.6) is 0 Å². The molecule has 4 rings (SSSR count). The maximum Gasteiger partial charge on any atom is 0.166 e. The quantitative estimate of drug-likeness (QED) is 0.191. The van der Waals surface area contributed by atoms with Crippen LogP contribution in [-0.4, -0.2) is 0 Å². The fraction of sp³-hybridized carbons (Fsp3) is 0.353. The molecule has 1 unspecified atom stereocenters. The van der Waals surface area contributed by atoms with Crippen LogP contribution in [0.1, 0.15) is 76.3 Å². The minimum atomic E-state index is -0.799. The second-order valence-corrected chi connectivity index (χ2v) is 10.1. The number of hydrogen-bond donors (Lipinski definition) is 0. The minimum absolute atomic E-state index is 0.226. The van der Waals surface area contributed by atoms with E-state index in [4.69, 9.17) is 0 Å². The first-order valence-corrected chi connectivity index (χ1v) is 13.7. The smallest absolute Gasteiger partial charge is 0.166 e. The summed E-state index contributed by atoms with van der Waals surface area (Å²) in [6.45, 7) is 4.19. The molecule has 0 heterocycles. The summed E-state index contributed by atoms with van der Waals surface area (Å²) < 4.78 is 44.7. The zero-order valence-electron chi connectivity index (χ0n) is 22.0. The lowest BCUT2D eigenvalue weighted by Crippen LogP contribution is -2.03. The van der Waals surface area contributed by atoms with Gasteiger partial charge in [-0.3, -0.25) is 0 Å². The van der Waals surface area contributed by atoms with Crippen molar-refractivity contribution < 1.29 is 13.2 Å². The number of hydrogen-bond acceptors (Lipinski definition) is 0. The SMILES string of the molecule is CC=CC1CC=C(c2ccc(-c3ccc(-c4ccc(CCCCCCC)c(F)c4F)cc3)cc2F)CC1. The van der Waals surface area contributed by atoms with Crippen LogP contribution < -0.4 is 0 Å².